The number of hydrogen-bond donors (Lipinski definition) is 2. The molecule has 0 bridgehead atoms. The van der Waals surface area contributed by atoms with E-state index in [0.29, 0.717) is 0 Å². The molecular weight excluding hydrogens is 204 g/mol. The van der Waals surface area contributed by atoms with Crippen LogP contribution in [0.4, 0.5) is 0 Å². The van der Waals surface area contributed by atoms with E-state index in [1.54, 1.807) is 6.92 Å². The molecule has 1 fully saturated rings. The summed E-state index contributed by atoms with van der Waals surface area (Å²) in [5.41, 5.74) is 0. The maximum atomic E-state index is 10.8. The molecule has 1 heterocycles. The minimum atomic E-state index is -1.21. The first-order valence-electron chi connectivity index (χ1n) is 4.69. The van der Waals surface area contributed by atoms with Crippen molar-refractivity contribution in [2.45, 2.75) is 44.6 Å². The van der Waals surface area contributed by atoms with Crippen molar-refractivity contribution < 1.29 is 29.2 Å². The van der Waals surface area contributed by atoms with E-state index in [2.05, 4.69) is 0 Å². The van der Waals surface area contributed by atoms with Crippen molar-refractivity contribution >= 4 is 5.97 Å². The summed E-state index contributed by atoms with van der Waals surface area (Å²) in [6, 6.07) is 0. The normalized spacial score (nSPS) is 41.3. The van der Waals surface area contributed by atoms with Gasteiger partial charge in [0.05, 0.1) is 6.10 Å². The molecule has 0 aliphatic carbocycles. The maximum absolute atomic E-state index is 10.8. The lowest BCUT2D eigenvalue weighted by atomic mass is 10.00. The number of methoxy groups -OCH3 is 1. The van der Waals surface area contributed by atoms with Crippen LogP contribution in [0.3, 0.4) is 0 Å². The zero-order valence-corrected chi connectivity index (χ0v) is 8.91. The van der Waals surface area contributed by atoms with Gasteiger partial charge in [-0.15, -0.1) is 0 Å². The van der Waals surface area contributed by atoms with Gasteiger partial charge in [0.2, 0.25) is 0 Å². The van der Waals surface area contributed by atoms with Gasteiger partial charge in [0.15, 0.2) is 12.4 Å². The predicted octanol–water partition coefficient (Wildman–Crippen LogP) is -0.969. The molecule has 5 atom stereocenters. The van der Waals surface area contributed by atoms with E-state index < -0.39 is 36.7 Å². The van der Waals surface area contributed by atoms with Crippen LogP contribution < -0.4 is 0 Å². The van der Waals surface area contributed by atoms with E-state index in [1.165, 1.54) is 14.0 Å². The number of hydrogen-bond acceptors (Lipinski definition) is 6. The molecule has 1 saturated heterocycles. The van der Waals surface area contributed by atoms with Crippen LogP contribution in [-0.4, -0.2) is 54.0 Å². The molecule has 6 nitrogen and oxygen atoms in total. The van der Waals surface area contributed by atoms with Gasteiger partial charge < -0.3 is 24.4 Å². The van der Waals surface area contributed by atoms with Gasteiger partial charge in [0, 0.05) is 14.0 Å². The van der Waals surface area contributed by atoms with Crippen LogP contribution in [0, 0.1) is 0 Å². The molecule has 1 rings (SSSR count). The second-order valence-electron chi connectivity index (χ2n) is 3.50. The molecule has 0 spiro atoms. The molecule has 1 aliphatic heterocycles. The molecule has 0 amide bonds. The third kappa shape index (κ3) is 2.66. The Morgan fingerprint density at radius 1 is 1.33 bits per heavy atom. The first kappa shape index (κ1) is 12.4. The Balaban J connectivity index is 2.75. The van der Waals surface area contributed by atoms with Crippen LogP contribution >= 0.6 is 0 Å². The molecule has 1 aliphatic rings. The Labute approximate surface area is 87.7 Å². The third-order valence-corrected chi connectivity index (χ3v) is 2.32. The monoisotopic (exact) mass is 220 g/mol. The highest BCUT2D eigenvalue weighted by Crippen LogP contribution is 2.23. The van der Waals surface area contributed by atoms with Gasteiger partial charge in [-0.3, -0.25) is 4.79 Å². The number of carbonyl (C=O) groups excluding carboxylic acids is 1. The van der Waals surface area contributed by atoms with Crippen molar-refractivity contribution in [1.82, 2.24) is 0 Å². The lowest BCUT2D eigenvalue weighted by Gasteiger charge is -2.39. The van der Waals surface area contributed by atoms with E-state index in [4.69, 9.17) is 14.2 Å². The van der Waals surface area contributed by atoms with Crippen molar-refractivity contribution in [1.29, 1.82) is 0 Å². The highest BCUT2D eigenvalue weighted by atomic mass is 16.7. The highest BCUT2D eigenvalue weighted by molar-refractivity contribution is 5.66. The summed E-state index contributed by atoms with van der Waals surface area (Å²) in [5, 5.41) is 19.2. The highest BCUT2D eigenvalue weighted by Gasteiger charge is 2.44. The molecule has 1 unspecified atom stereocenters. The molecule has 2 N–H and O–H groups in total. The number of ether oxygens (including phenoxy) is 3. The molecule has 6 heteroatoms. The topological polar surface area (TPSA) is 85.2 Å². The minimum Gasteiger partial charge on any atom is -0.454 e. The van der Waals surface area contributed by atoms with Crippen LogP contribution in [0.15, 0.2) is 0 Å². The zero-order valence-electron chi connectivity index (χ0n) is 8.91. The molecule has 0 aromatic heterocycles. The van der Waals surface area contributed by atoms with Crippen molar-refractivity contribution in [3.05, 3.63) is 0 Å². The second kappa shape index (κ2) is 4.89. The molecular formula is C9H16O6. The van der Waals surface area contributed by atoms with Gasteiger partial charge in [0.25, 0.3) is 0 Å². The summed E-state index contributed by atoms with van der Waals surface area (Å²) >= 11 is 0. The summed E-state index contributed by atoms with van der Waals surface area (Å²) in [4.78, 5) is 10.8. The Morgan fingerprint density at radius 2 is 1.93 bits per heavy atom. The molecule has 0 aromatic carbocycles. The summed E-state index contributed by atoms with van der Waals surface area (Å²) in [7, 11) is 1.37. The first-order valence-corrected chi connectivity index (χ1v) is 4.69. The molecule has 88 valence electrons. The summed E-state index contributed by atoms with van der Waals surface area (Å²) in [5.74, 6) is -0.563. The van der Waals surface area contributed by atoms with Gasteiger partial charge in [-0.25, -0.2) is 0 Å². The van der Waals surface area contributed by atoms with Gasteiger partial charge in [-0.1, -0.05) is 0 Å². The second-order valence-corrected chi connectivity index (χ2v) is 3.50. The van der Waals surface area contributed by atoms with Crippen LogP contribution in [0.1, 0.15) is 13.8 Å². The fourth-order valence-corrected chi connectivity index (χ4v) is 1.51. The SMILES string of the molecule is COC1O[C@@H](C)[C@@H](O)[C@@H](O)[C@@H]1OC(C)=O. The lowest BCUT2D eigenvalue weighted by Crippen LogP contribution is -2.58. The van der Waals surface area contributed by atoms with Crippen molar-refractivity contribution in [2.24, 2.45) is 0 Å². The van der Waals surface area contributed by atoms with Crippen LogP contribution in [-0.2, 0) is 19.0 Å². The minimum absolute atomic E-state index is 0.563. The Hall–Kier alpha value is -0.690. The fraction of sp³-hybridized carbons (Fsp3) is 0.889. The van der Waals surface area contributed by atoms with Crippen LogP contribution in [0.2, 0.25) is 0 Å². The fourth-order valence-electron chi connectivity index (χ4n) is 1.51. The van der Waals surface area contributed by atoms with Crippen molar-refractivity contribution in [2.75, 3.05) is 7.11 Å². The quantitative estimate of drug-likeness (QED) is 0.582. The number of aliphatic hydroxyl groups is 2. The zero-order chi connectivity index (χ0) is 11.6. The summed E-state index contributed by atoms with van der Waals surface area (Å²) in [6.45, 7) is 2.81. The van der Waals surface area contributed by atoms with E-state index in [1.807, 2.05) is 0 Å². The van der Waals surface area contributed by atoms with E-state index in [0.717, 1.165) is 0 Å². The summed E-state index contributed by atoms with van der Waals surface area (Å²) in [6.07, 6.45) is -4.74. The Bertz CT molecular complexity index is 229. The average Bonchev–Trinajstić information content (AvgIpc) is 2.18. The summed E-state index contributed by atoms with van der Waals surface area (Å²) < 4.78 is 15.0. The third-order valence-electron chi connectivity index (χ3n) is 2.32. The number of carbonyl (C=O) groups is 1. The lowest BCUT2D eigenvalue weighted by molar-refractivity contribution is -0.289. The molecule has 0 radical (unpaired) electrons. The maximum Gasteiger partial charge on any atom is 0.303 e. The first-order chi connectivity index (χ1) is 6.97. The van der Waals surface area contributed by atoms with Gasteiger partial charge in [-0.05, 0) is 6.92 Å². The van der Waals surface area contributed by atoms with Gasteiger partial charge >= 0.3 is 5.97 Å². The van der Waals surface area contributed by atoms with Gasteiger partial charge in [0.1, 0.15) is 12.2 Å². The van der Waals surface area contributed by atoms with Gasteiger partial charge in [-0.2, -0.15) is 0 Å². The number of esters is 1. The molecule has 0 saturated carbocycles. The van der Waals surface area contributed by atoms with Crippen molar-refractivity contribution in [3.63, 3.8) is 0 Å². The Kier molecular flexibility index (Phi) is 4.04. The molecule has 0 aromatic rings. The van der Waals surface area contributed by atoms with Crippen LogP contribution in [0.25, 0.3) is 0 Å². The van der Waals surface area contributed by atoms with Crippen molar-refractivity contribution in [3.8, 4) is 0 Å². The molecule has 15 heavy (non-hydrogen) atoms. The smallest absolute Gasteiger partial charge is 0.303 e. The van der Waals surface area contributed by atoms with E-state index >= 15 is 0 Å². The predicted molar refractivity (Wildman–Crippen MR) is 48.9 cm³/mol. The standard InChI is InChI=1S/C9H16O6/c1-4-6(11)7(12)8(15-5(2)10)9(13-3)14-4/h4,6-9,11-12H,1-3H3/t4-,6+,7+,8-,9?/m0/s1. The number of aliphatic hydroxyl groups excluding tert-OH is 2. The number of rotatable bonds is 2. The Morgan fingerprint density at radius 3 is 2.40 bits per heavy atom. The van der Waals surface area contributed by atoms with Crippen LogP contribution in [0.5, 0.6) is 0 Å². The van der Waals surface area contributed by atoms with E-state index in [-0.39, 0.29) is 0 Å². The largest absolute Gasteiger partial charge is 0.454 e. The van der Waals surface area contributed by atoms with E-state index in [9.17, 15) is 15.0 Å². The average molecular weight is 220 g/mol.